The summed E-state index contributed by atoms with van der Waals surface area (Å²) in [5, 5.41) is 10.3. The summed E-state index contributed by atoms with van der Waals surface area (Å²) in [5.41, 5.74) is 2.11. The van der Waals surface area contributed by atoms with Gasteiger partial charge < -0.3 is 20.1 Å². The molecule has 0 saturated carbocycles. The number of hydrogen-bond acceptors (Lipinski definition) is 5. The quantitative estimate of drug-likeness (QED) is 0.602. The monoisotopic (exact) mass is 394 g/mol. The zero-order valence-corrected chi connectivity index (χ0v) is 16.5. The van der Waals surface area contributed by atoms with Crippen LogP contribution in [0.4, 0.5) is 0 Å². The minimum atomic E-state index is 0.572. The van der Waals surface area contributed by atoms with Crippen molar-refractivity contribution >= 4 is 28.9 Å². The number of halogens is 1. The van der Waals surface area contributed by atoms with Crippen molar-refractivity contribution in [3.05, 3.63) is 38.8 Å². The molecule has 26 heavy (non-hydrogen) atoms. The zero-order chi connectivity index (χ0) is 18.4. The van der Waals surface area contributed by atoms with Gasteiger partial charge in [0.25, 0.3) is 0 Å². The number of aryl methyl sites for hydroxylation is 1. The lowest BCUT2D eigenvalue weighted by atomic mass is 10.2. The van der Waals surface area contributed by atoms with Crippen LogP contribution in [-0.2, 0) is 13.0 Å². The number of hydrogen-bond donors (Lipinski definition) is 2. The summed E-state index contributed by atoms with van der Waals surface area (Å²) in [7, 11) is 1.75. The number of benzene rings is 1. The van der Waals surface area contributed by atoms with Gasteiger partial charge in [0, 0.05) is 38.4 Å². The van der Waals surface area contributed by atoms with Crippen LogP contribution in [0.3, 0.4) is 0 Å². The molecule has 6 nitrogen and oxygen atoms in total. The first-order chi connectivity index (χ1) is 12.7. The van der Waals surface area contributed by atoms with Crippen molar-refractivity contribution in [3.8, 4) is 11.5 Å². The number of fused-ring (bicyclic) bond motifs is 1. The number of guanidine groups is 1. The molecule has 0 radical (unpaired) electrons. The van der Waals surface area contributed by atoms with Gasteiger partial charge in [0.2, 0.25) is 0 Å². The van der Waals surface area contributed by atoms with Crippen LogP contribution >= 0.6 is 22.9 Å². The molecule has 0 unspecified atom stereocenters. The summed E-state index contributed by atoms with van der Waals surface area (Å²) < 4.78 is 11.4. The molecule has 0 fully saturated rings. The van der Waals surface area contributed by atoms with Crippen molar-refractivity contribution in [1.29, 1.82) is 0 Å². The van der Waals surface area contributed by atoms with E-state index in [9.17, 15) is 0 Å². The highest BCUT2D eigenvalue weighted by Crippen LogP contribution is 2.37. The number of thiazole rings is 1. The third-order valence-corrected chi connectivity index (χ3v) is 4.99. The van der Waals surface area contributed by atoms with Crippen molar-refractivity contribution in [3.63, 3.8) is 0 Å². The van der Waals surface area contributed by atoms with Crippen LogP contribution in [0.2, 0.25) is 5.02 Å². The average Bonchev–Trinajstić information content (AvgIpc) is 2.89. The maximum Gasteiger partial charge on any atom is 0.191 e. The number of aliphatic imine (C=N–C) groups is 1. The fourth-order valence-electron chi connectivity index (χ4n) is 2.62. The number of rotatable bonds is 5. The number of nitrogens with one attached hydrogen (secondary N) is 2. The third-order valence-electron chi connectivity index (χ3n) is 3.89. The molecule has 2 N–H and O–H groups in total. The summed E-state index contributed by atoms with van der Waals surface area (Å²) in [4.78, 5) is 8.72. The van der Waals surface area contributed by atoms with Crippen molar-refractivity contribution in [2.24, 2.45) is 4.99 Å². The van der Waals surface area contributed by atoms with Crippen molar-refractivity contribution < 1.29 is 9.47 Å². The minimum absolute atomic E-state index is 0.572. The molecule has 8 heteroatoms. The molecule has 1 aliphatic heterocycles. The van der Waals surface area contributed by atoms with Gasteiger partial charge in [-0.1, -0.05) is 11.6 Å². The maximum absolute atomic E-state index is 6.34. The normalized spacial score (nSPS) is 14.0. The lowest BCUT2D eigenvalue weighted by Crippen LogP contribution is -2.37. The molecule has 0 bridgehead atoms. The largest absolute Gasteiger partial charge is 0.489 e. The first-order valence-corrected chi connectivity index (χ1v) is 9.85. The molecule has 0 aliphatic carbocycles. The Labute approximate surface area is 162 Å². The molecule has 0 spiro atoms. The van der Waals surface area contributed by atoms with Gasteiger partial charge >= 0.3 is 0 Å². The summed E-state index contributed by atoms with van der Waals surface area (Å²) in [6.07, 6.45) is 1.72. The first kappa shape index (κ1) is 18.8. The van der Waals surface area contributed by atoms with Crippen LogP contribution in [0.1, 0.15) is 22.7 Å². The lowest BCUT2D eigenvalue weighted by Gasteiger charge is -2.14. The molecule has 0 amide bonds. The number of nitrogens with zero attached hydrogens (tertiary/aromatic N) is 2. The predicted octanol–water partition coefficient (Wildman–Crippen LogP) is 3.17. The molecule has 0 atom stereocenters. The maximum atomic E-state index is 6.34. The van der Waals surface area contributed by atoms with Gasteiger partial charge in [0.05, 0.1) is 28.9 Å². The standard InChI is InChI=1S/C18H23ClN4O2S/c1-12-23-14(11-26-12)4-5-21-18(20-2)22-10-13-8-15(19)17-16(9-13)24-6-3-7-25-17/h8-9,11H,3-7,10H2,1-2H3,(H2,20,21,22). The minimum Gasteiger partial charge on any atom is -0.489 e. The second kappa shape index (κ2) is 9.09. The topological polar surface area (TPSA) is 67.8 Å². The molecule has 1 aromatic carbocycles. The van der Waals surface area contributed by atoms with E-state index in [0.717, 1.165) is 41.6 Å². The molecule has 0 saturated heterocycles. The van der Waals surface area contributed by atoms with Crippen LogP contribution in [0.25, 0.3) is 0 Å². The van der Waals surface area contributed by atoms with E-state index in [2.05, 4.69) is 26.0 Å². The van der Waals surface area contributed by atoms with Gasteiger partial charge in [-0.05, 0) is 24.6 Å². The van der Waals surface area contributed by atoms with Crippen molar-refractivity contribution in [2.75, 3.05) is 26.8 Å². The molecular formula is C18H23ClN4O2S. The van der Waals surface area contributed by atoms with Gasteiger partial charge in [-0.3, -0.25) is 4.99 Å². The van der Waals surface area contributed by atoms with E-state index in [4.69, 9.17) is 21.1 Å². The van der Waals surface area contributed by atoms with E-state index in [1.165, 1.54) is 0 Å². The molecule has 2 aromatic rings. The van der Waals surface area contributed by atoms with Gasteiger partial charge in [0.1, 0.15) is 0 Å². The van der Waals surface area contributed by atoms with Crippen LogP contribution in [-0.4, -0.2) is 37.7 Å². The fourth-order valence-corrected chi connectivity index (χ4v) is 3.56. The molecule has 1 aliphatic rings. The van der Waals surface area contributed by atoms with Gasteiger partial charge in [-0.15, -0.1) is 11.3 Å². The Kier molecular flexibility index (Phi) is 6.57. The van der Waals surface area contributed by atoms with Gasteiger partial charge in [-0.25, -0.2) is 4.98 Å². The van der Waals surface area contributed by atoms with Crippen LogP contribution < -0.4 is 20.1 Å². The first-order valence-electron chi connectivity index (χ1n) is 8.59. The summed E-state index contributed by atoms with van der Waals surface area (Å²) in [6.45, 7) is 4.64. The Morgan fingerprint density at radius 1 is 1.31 bits per heavy atom. The SMILES string of the molecule is CN=C(NCCc1csc(C)n1)NCc1cc(Cl)c2c(c1)OCCCO2. The second-order valence-electron chi connectivity index (χ2n) is 5.92. The molecule has 140 valence electrons. The smallest absolute Gasteiger partial charge is 0.191 e. The van der Waals surface area contributed by atoms with Crippen LogP contribution in [0.15, 0.2) is 22.5 Å². The highest BCUT2D eigenvalue weighted by molar-refractivity contribution is 7.09. The summed E-state index contributed by atoms with van der Waals surface area (Å²) in [6, 6.07) is 3.86. The number of ether oxygens (including phenoxy) is 2. The van der Waals surface area contributed by atoms with E-state index in [0.29, 0.717) is 36.3 Å². The predicted molar refractivity (Wildman–Crippen MR) is 106 cm³/mol. The van der Waals surface area contributed by atoms with E-state index >= 15 is 0 Å². The average molecular weight is 395 g/mol. The highest BCUT2D eigenvalue weighted by Gasteiger charge is 2.15. The Hall–Kier alpha value is -1.99. The van der Waals surface area contributed by atoms with E-state index in [1.54, 1.807) is 18.4 Å². The Morgan fingerprint density at radius 2 is 2.15 bits per heavy atom. The van der Waals surface area contributed by atoms with E-state index < -0.39 is 0 Å². The van der Waals surface area contributed by atoms with Crippen molar-refractivity contribution in [1.82, 2.24) is 15.6 Å². The lowest BCUT2D eigenvalue weighted by molar-refractivity contribution is 0.297. The molecule has 2 heterocycles. The summed E-state index contributed by atoms with van der Waals surface area (Å²) >= 11 is 8.01. The third kappa shape index (κ3) is 5.02. The van der Waals surface area contributed by atoms with Crippen LogP contribution in [0, 0.1) is 6.92 Å². The van der Waals surface area contributed by atoms with Crippen LogP contribution in [0.5, 0.6) is 11.5 Å². The second-order valence-corrected chi connectivity index (χ2v) is 7.39. The van der Waals surface area contributed by atoms with E-state index in [1.807, 2.05) is 19.1 Å². The molecule has 3 rings (SSSR count). The number of aromatic nitrogens is 1. The highest BCUT2D eigenvalue weighted by atomic mass is 35.5. The zero-order valence-electron chi connectivity index (χ0n) is 15.0. The molecular weight excluding hydrogens is 372 g/mol. The Balaban J connectivity index is 1.53. The Bertz CT molecular complexity index is 779. The Morgan fingerprint density at radius 3 is 2.92 bits per heavy atom. The van der Waals surface area contributed by atoms with Crippen molar-refractivity contribution in [2.45, 2.75) is 26.3 Å². The van der Waals surface area contributed by atoms with E-state index in [-0.39, 0.29) is 0 Å². The summed E-state index contributed by atoms with van der Waals surface area (Å²) in [5.74, 6) is 2.07. The molecule has 1 aromatic heterocycles. The van der Waals surface area contributed by atoms with Gasteiger partial charge in [-0.2, -0.15) is 0 Å². The fraction of sp³-hybridized carbons (Fsp3) is 0.444. The van der Waals surface area contributed by atoms with Gasteiger partial charge in [0.15, 0.2) is 17.5 Å².